The highest BCUT2D eigenvalue weighted by Crippen LogP contribution is 2.32. The van der Waals surface area contributed by atoms with Gasteiger partial charge in [-0.05, 0) is 37.5 Å². The molecule has 2 rings (SSSR count). The first-order valence-corrected chi connectivity index (χ1v) is 6.09. The second-order valence-corrected chi connectivity index (χ2v) is 5.65. The highest BCUT2D eigenvalue weighted by molar-refractivity contribution is 5.99. The third-order valence-corrected chi connectivity index (χ3v) is 3.29. The molecule has 3 nitrogen and oxygen atoms in total. The van der Waals surface area contributed by atoms with E-state index < -0.39 is 0 Å². The predicted octanol–water partition coefficient (Wildman–Crippen LogP) is 3.20. The molecule has 0 bridgehead atoms. The molecule has 1 aliphatic rings. The molecule has 0 radical (unpaired) electrons. The van der Waals surface area contributed by atoms with Crippen LogP contribution < -0.4 is 10.6 Å². The Morgan fingerprint density at radius 1 is 1.24 bits per heavy atom. The molecule has 0 saturated heterocycles. The van der Waals surface area contributed by atoms with Crippen LogP contribution in [0.2, 0.25) is 0 Å². The molecule has 3 heteroatoms. The number of carbonyl (C=O) groups is 1. The molecule has 1 amide bonds. The van der Waals surface area contributed by atoms with Crippen molar-refractivity contribution in [2.24, 2.45) is 5.41 Å². The van der Waals surface area contributed by atoms with Gasteiger partial charge in [0.05, 0.1) is 16.8 Å². The van der Waals surface area contributed by atoms with Gasteiger partial charge in [0, 0.05) is 6.54 Å². The summed E-state index contributed by atoms with van der Waals surface area (Å²) in [5, 5.41) is 6.34. The van der Waals surface area contributed by atoms with Crippen LogP contribution in [0.25, 0.3) is 0 Å². The van der Waals surface area contributed by atoms with Crippen LogP contribution in [0.4, 0.5) is 11.4 Å². The van der Waals surface area contributed by atoms with Crippen molar-refractivity contribution < 1.29 is 4.79 Å². The van der Waals surface area contributed by atoms with E-state index in [2.05, 4.69) is 36.6 Å². The minimum Gasteiger partial charge on any atom is -0.382 e. The largest absolute Gasteiger partial charge is 0.382 e. The molecule has 0 fully saturated rings. The molecule has 1 aliphatic heterocycles. The molecule has 0 atom stereocenters. The summed E-state index contributed by atoms with van der Waals surface area (Å²) in [6, 6.07) is 6.18. The maximum absolute atomic E-state index is 12.0. The fourth-order valence-corrected chi connectivity index (χ4v) is 1.86. The van der Waals surface area contributed by atoms with Crippen LogP contribution in [0.3, 0.4) is 0 Å². The van der Waals surface area contributed by atoms with Gasteiger partial charge in [0.2, 0.25) is 5.91 Å². The number of rotatable bonds is 1. The first-order chi connectivity index (χ1) is 7.90. The molecular formula is C14H20N2O. The molecule has 92 valence electrons. The van der Waals surface area contributed by atoms with Crippen molar-refractivity contribution in [2.75, 3.05) is 17.2 Å². The van der Waals surface area contributed by atoms with Gasteiger partial charge < -0.3 is 10.6 Å². The lowest BCUT2D eigenvalue weighted by molar-refractivity contribution is -0.123. The average molecular weight is 232 g/mol. The molecule has 1 aromatic rings. The maximum Gasteiger partial charge on any atom is 0.231 e. The molecule has 0 aromatic heterocycles. The van der Waals surface area contributed by atoms with E-state index in [9.17, 15) is 4.79 Å². The maximum atomic E-state index is 12.0. The van der Waals surface area contributed by atoms with Crippen molar-refractivity contribution in [3.8, 4) is 0 Å². The molecule has 0 unspecified atom stereocenters. The number of anilines is 2. The third kappa shape index (κ3) is 2.28. The monoisotopic (exact) mass is 232 g/mol. The van der Waals surface area contributed by atoms with Crippen molar-refractivity contribution >= 4 is 17.3 Å². The SMILES string of the molecule is CC(C)c1ccc2c(c1)NCC(C)(C)C(=O)N2. The van der Waals surface area contributed by atoms with E-state index in [0.29, 0.717) is 12.5 Å². The van der Waals surface area contributed by atoms with Crippen LogP contribution in [0.15, 0.2) is 18.2 Å². The number of benzene rings is 1. The van der Waals surface area contributed by atoms with E-state index in [4.69, 9.17) is 0 Å². The van der Waals surface area contributed by atoms with Gasteiger partial charge in [-0.2, -0.15) is 0 Å². The second-order valence-electron chi connectivity index (χ2n) is 5.65. The van der Waals surface area contributed by atoms with Gasteiger partial charge in [0.15, 0.2) is 0 Å². The van der Waals surface area contributed by atoms with Crippen molar-refractivity contribution in [2.45, 2.75) is 33.6 Å². The van der Waals surface area contributed by atoms with Gasteiger partial charge in [0.1, 0.15) is 0 Å². The third-order valence-electron chi connectivity index (χ3n) is 3.29. The molecule has 1 heterocycles. The molecule has 17 heavy (non-hydrogen) atoms. The molecule has 1 aromatic carbocycles. The minimum atomic E-state index is -0.378. The number of carbonyl (C=O) groups excluding carboxylic acids is 1. The summed E-state index contributed by atoms with van der Waals surface area (Å²) in [5.41, 5.74) is 2.81. The summed E-state index contributed by atoms with van der Waals surface area (Å²) in [5.74, 6) is 0.565. The summed E-state index contributed by atoms with van der Waals surface area (Å²) in [6.07, 6.45) is 0. The molecule has 0 spiro atoms. The Morgan fingerprint density at radius 3 is 2.59 bits per heavy atom. The van der Waals surface area contributed by atoms with Crippen LogP contribution >= 0.6 is 0 Å². The molecule has 0 aliphatic carbocycles. The normalized spacial score (nSPS) is 18.1. The van der Waals surface area contributed by atoms with Crippen LogP contribution in [-0.4, -0.2) is 12.5 Å². The van der Waals surface area contributed by atoms with E-state index in [0.717, 1.165) is 11.4 Å². The van der Waals surface area contributed by atoms with E-state index in [1.165, 1.54) is 5.56 Å². The zero-order valence-corrected chi connectivity index (χ0v) is 10.9. The van der Waals surface area contributed by atoms with Crippen LogP contribution in [0.5, 0.6) is 0 Å². The highest BCUT2D eigenvalue weighted by atomic mass is 16.2. The lowest BCUT2D eigenvalue weighted by Crippen LogP contribution is -2.34. The van der Waals surface area contributed by atoms with E-state index in [1.54, 1.807) is 0 Å². The molecule has 2 N–H and O–H groups in total. The summed E-state index contributed by atoms with van der Waals surface area (Å²) in [6.45, 7) is 8.89. The number of hydrogen-bond donors (Lipinski definition) is 2. The standard InChI is InChI=1S/C14H20N2O/c1-9(2)10-5-6-11-12(7-10)15-8-14(3,4)13(17)16-11/h5-7,9,15H,8H2,1-4H3,(H,16,17). The van der Waals surface area contributed by atoms with Crippen molar-refractivity contribution in [3.05, 3.63) is 23.8 Å². The van der Waals surface area contributed by atoms with Crippen LogP contribution in [0, 0.1) is 5.41 Å². The van der Waals surface area contributed by atoms with E-state index in [-0.39, 0.29) is 11.3 Å². The van der Waals surface area contributed by atoms with Crippen molar-refractivity contribution in [1.29, 1.82) is 0 Å². The predicted molar refractivity (Wildman–Crippen MR) is 71.4 cm³/mol. The Bertz CT molecular complexity index is 450. The fourth-order valence-electron chi connectivity index (χ4n) is 1.86. The van der Waals surface area contributed by atoms with Gasteiger partial charge in [-0.1, -0.05) is 19.9 Å². The summed E-state index contributed by atoms with van der Waals surface area (Å²) < 4.78 is 0. The molecular weight excluding hydrogens is 212 g/mol. The van der Waals surface area contributed by atoms with E-state index in [1.807, 2.05) is 19.9 Å². The van der Waals surface area contributed by atoms with Crippen molar-refractivity contribution in [1.82, 2.24) is 0 Å². The van der Waals surface area contributed by atoms with Crippen LogP contribution in [0.1, 0.15) is 39.2 Å². The lowest BCUT2D eigenvalue weighted by Gasteiger charge is -2.19. The summed E-state index contributed by atoms with van der Waals surface area (Å²) in [7, 11) is 0. The second kappa shape index (κ2) is 4.06. The Labute approximate surface area is 103 Å². The van der Waals surface area contributed by atoms with Crippen molar-refractivity contribution in [3.63, 3.8) is 0 Å². The summed E-state index contributed by atoms with van der Waals surface area (Å²) in [4.78, 5) is 12.0. The molecule has 0 saturated carbocycles. The van der Waals surface area contributed by atoms with Gasteiger partial charge in [-0.25, -0.2) is 0 Å². The summed E-state index contributed by atoms with van der Waals surface area (Å²) >= 11 is 0. The Morgan fingerprint density at radius 2 is 1.94 bits per heavy atom. The first kappa shape index (κ1) is 12.0. The zero-order chi connectivity index (χ0) is 12.6. The Hall–Kier alpha value is -1.51. The van der Waals surface area contributed by atoms with Gasteiger partial charge >= 0.3 is 0 Å². The number of hydrogen-bond acceptors (Lipinski definition) is 2. The number of amides is 1. The highest BCUT2D eigenvalue weighted by Gasteiger charge is 2.30. The fraction of sp³-hybridized carbons (Fsp3) is 0.500. The Kier molecular flexibility index (Phi) is 2.86. The number of fused-ring (bicyclic) bond motifs is 1. The topological polar surface area (TPSA) is 41.1 Å². The van der Waals surface area contributed by atoms with Gasteiger partial charge in [-0.15, -0.1) is 0 Å². The number of nitrogens with one attached hydrogen (secondary N) is 2. The quantitative estimate of drug-likeness (QED) is 0.780. The van der Waals surface area contributed by atoms with Gasteiger partial charge in [0.25, 0.3) is 0 Å². The first-order valence-electron chi connectivity index (χ1n) is 6.09. The zero-order valence-electron chi connectivity index (χ0n) is 10.9. The Balaban J connectivity index is 2.37. The lowest BCUT2D eigenvalue weighted by atomic mass is 9.93. The minimum absolute atomic E-state index is 0.0704. The average Bonchev–Trinajstić information content (AvgIpc) is 2.37. The van der Waals surface area contributed by atoms with Gasteiger partial charge in [-0.3, -0.25) is 4.79 Å². The smallest absolute Gasteiger partial charge is 0.231 e. The van der Waals surface area contributed by atoms with Crippen LogP contribution in [-0.2, 0) is 4.79 Å². The van der Waals surface area contributed by atoms with E-state index >= 15 is 0 Å².